The minimum atomic E-state index is 0.205. The van der Waals surface area contributed by atoms with Gasteiger partial charge in [0.25, 0.3) is 0 Å². The highest BCUT2D eigenvalue weighted by Crippen LogP contribution is 2.47. The first-order valence-electron chi connectivity index (χ1n) is 5.27. The first-order chi connectivity index (χ1) is 6.57. The molecule has 0 spiro atoms. The molecule has 1 aliphatic carbocycles. The normalized spacial score (nSPS) is 18.9. The second-order valence-electron chi connectivity index (χ2n) is 4.75. The van der Waals surface area contributed by atoms with Crippen molar-refractivity contribution in [3.05, 3.63) is 17.3 Å². The van der Waals surface area contributed by atoms with Gasteiger partial charge in [-0.15, -0.1) is 0 Å². The van der Waals surface area contributed by atoms with Gasteiger partial charge in [0.2, 0.25) is 5.89 Å². The summed E-state index contributed by atoms with van der Waals surface area (Å²) in [5.74, 6) is 2.15. The van der Waals surface area contributed by atoms with Crippen LogP contribution in [-0.2, 0) is 12.0 Å². The number of oxazole rings is 1. The van der Waals surface area contributed by atoms with E-state index in [2.05, 4.69) is 25.8 Å². The topological polar surface area (TPSA) is 52.0 Å². The molecule has 1 fully saturated rings. The lowest BCUT2D eigenvalue weighted by molar-refractivity contribution is 0.419. The second-order valence-corrected chi connectivity index (χ2v) is 4.75. The van der Waals surface area contributed by atoms with Crippen LogP contribution in [0.15, 0.2) is 4.42 Å². The van der Waals surface area contributed by atoms with E-state index in [9.17, 15) is 0 Å². The van der Waals surface area contributed by atoms with Crippen LogP contribution in [0.1, 0.15) is 56.9 Å². The highest BCUT2D eigenvalue weighted by Gasteiger charge is 2.44. The summed E-state index contributed by atoms with van der Waals surface area (Å²) in [6.45, 7) is 6.89. The quantitative estimate of drug-likeness (QED) is 0.803. The Kier molecular flexibility index (Phi) is 2.14. The molecule has 0 radical (unpaired) electrons. The first kappa shape index (κ1) is 9.71. The van der Waals surface area contributed by atoms with Gasteiger partial charge in [-0.1, -0.05) is 20.8 Å². The van der Waals surface area contributed by atoms with Gasteiger partial charge in [-0.2, -0.15) is 0 Å². The standard InChI is InChI=1S/C11H18N2O/c1-7(2)9-8(6-12)14-10(13-9)11(3)4-5-11/h7H,4-6,12H2,1-3H3. The Morgan fingerprint density at radius 1 is 1.50 bits per heavy atom. The second kappa shape index (κ2) is 3.09. The van der Waals surface area contributed by atoms with E-state index in [1.807, 2.05) is 0 Å². The van der Waals surface area contributed by atoms with E-state index in [1.165, 1.54) is 12.8 Å². The highest BCUT2D eigenvalue weighted by molar-refractivity contribution is 5.21. The van der Waals surface area contributed by atoms with Gasteiger partial charge < -0.3 is 10.2 Å². The molecular formula is C11H18N2O. The van der Waals surface area contributed by atoms with Crippen LogP contribution in [0, 0.1) is 0 Å². The predicted octanol–water partition coefficient (Wildman–Crippen LogP) is 2.31. The molecule has 1 aliphatic rings. The maximum atomic E-state index is 5.72. The monoisotopic (exact) mass is 194 g/mol. The molecule has 1 saturated carbocycles. The van der Waals surface area contributed by atoms with Crippen LogP contribution in [0.3, 0.4) is 0 Å². The molecule has 2 rings (SSSR count). The minimum absolute atomic E-state index is 0.205. The van der Waals surface area contributed by atoms with E-state index in [0.717, 1.165) is 17.3 Å². The average molecular weight is 194 g/mol. The van der Waals surface area contributed by atoms with E-state index in [4.69, 9.17) is 10.2 Å². The van der Waals surface area contributed by atoms with Crippen molar-refractivity contribution in [3.8, 4) is 0 Å². The van der Waals surface area contributed by atoms with Crippen molar-refractivity contribution in [3.63, 3.8) is 0 Å². The summed E-state index contributed by atoms with van der Waals surface area (Å²) in [6.07, 6.45) is 2.38. The molecule has 0 bridgehead atoms. The van der Waals surface area contributed by atoms with Gasteiger partial charge in [-0.05, 0) is 18.8 Å². The Labute approximate surface area is 84.7 Å². The van der Waals surface area contributed by atoms with Crippen LogP contribution in [0.5, 0.6) is 0 Å². The molecule has 3 nitrogen and oxygen atoms in total. The van der Waals surface area contributed by atoms with E-state index in [0.29, 0.717) is 12.5 Å². The van der Waals surface area contributed by atoms with Gasteiger partial charge in [0.05, 0.1) is 12.2 Å². The smallest absolute Gasteiger partial charge is 0.200 e. The van der Waals surface area contributed by atoms with Gasteiger partial charge >= 0.3 is 0 Å². The molecule has 78 valence electrons. The van der Waals surface area contributed by atoms with E-state index < -0.39 is 0 Å². The lowest BCUT2D eigenvalue weighted by atomic mass is 10.1. The van der Waals surface area contributed by atoms with E-state index in [1.54, 1.807) is 0 Å². The summed E-state index contributed by atoms with van der Waals surface area (Å²) >= 11 is 0. The SMILES string of the molecule is CC(C)c1nc(C2(C)CC2)oc1CN. The zero-order valence-electron chi connectivity index (χ0n) is 9.13. The fourth-order valence-corrected chi connectivity index (χ4v) is 1.62. The van der Waals surface area contributed by atoms with Gasteiger partial charge in [0.15, 0.2) is 0 Å². The molecular weight excluding hydrogens is 176 g/mol. The molecule has 1 aromatic rings. The third-order valence-electron chi connectivity index (χ3n) is 2.98. The third-order valence-corrected chi connectivity index (χ3v) is 2.98. The first-order valence-corrected chi connectivity index (χ1v) is 5.27. The van der Waals surface area contributed by atoms with E-state index >= 15 is 0 Å². The van der Waals surface area contributed by atoms with Crippen LogP contribution in [0.2, 0.25) is 0 Å². The summed E-state index contributed by atoms with van der Waals surface area (Å²) in [5, 5.41) is 0. The molecule has 1 aromatic heterocycles. The molecule has 0 atom stereocenters. The molecule has 0 saturated heterocycles. The Morgan fingerprint density at radius 3 is 2.50 bits per heavy atom. The van der Waals surface area contributed by atoms with Crippen LogP contribution >= 0.6 is 0 Å². The van der Waals surface area contributed by atoms with Gasteiger partial charge in [-0.3, -0.25) is 0 Å². The predicted molar refractivity (Wildman–Crippen MR) is 55.1 cm³/mol. The van der Waals surface area contributed by atoms with Crippen molar-refractivity contribution >= 4 is 0 Å². The number of aromatic nitrogens is 1. The van der Waals surface area contributed by atoms with Crippen molar-refractivity contribution in [2.75, 3.05) is 0 Å². The van der Waals surface area contributed by atoms with Crippen molar-refractivity contribution in [1.82, 2.24) is 4.98 Å². The summed E-state index contributed by atoms with van der Waals surface area (Å²) in [6, 6.07) is 0. The number of nitrogens with zero attached hydrogens (tertiary/aromatic N) is 1. The van der Waals surface area contributed by atoms with Crippen LogP contribution in [-0.4, -0.2) is 4.98 Å². The lowest BCUT2D eigenvalue weighted by Gasteiger charge is -2.00. The van der Waals surface area contributed by atoms with Crippen molar-refractivity contribution in [2.24, 2.45) is 5.73 Å². The molecule has 0 aromatic carbocycles. The van der Waals surface area contributed by atoms with Crippen LogP contribution in [0.25, 0.3) is 0 Å². The number of nitrogens with two attached hydrogens (primary N) is 1. The summed E-state index contributed by atoms with van der Waals surface area (Å²) < 4.78 is 5.72. The molecule has 3 heteroatoms. The van der Waals surface area contributed by atoms with Crippen LogP contribution < -0.4 is 5.73 Å². The average Bonchev–Trinajstić information content (AvgIpc) is 2.74. The molecule has 0 unspecified atom stereocenters. The maximum absolute atomic E-state index is 5.72. The Balaban J connectivity index is 2.36. The largest absolute Gasteiger partial charge is 0.443 e. The van der Waals surface area contributed by atoms with Crippen molar-refractivity contribution < 1.29 is 4.42 Å². The van der Waals surface area contributed by atoms with Crippen LogP contribution in [0.4, 0.5) is 0 Å². The highest BCUT2D eigenvalue weighted by atomic mass is 16.4. The van der Waals surface area contributed by atoms with E-state index in [-0.39, 0.29) is 5.41 Å². The summed E-state index contributed by atoms with van der Waals surface area (Å²) in [5.41, 5.74) is 6.87. The molecule has 2 N–H and O–H groups in total. The number of hydrogen-bond donors (Lipinski definition) is 1. The summed E-state index contributed by atoms with van der Waals surface area (Å²) in [7, 11) is 0. The fraction of sp³-hybridized carbons (Fsp3) is 0.727. The molecule has 1 heterocycles. The zero-order valence-corrected chi connectivity index (χ0v) is 9.13. The Morgan fingerprint density at radius 2 is 2.14 bits per heavy atom. The number of rotatable bonds is 3. The Hall–Kier alpha value is -0.830. The summed E-state index contributed by atoms with van der Waals surface area (Å²) in [4.78, 5) is 4.57. The molecule has 14 heavy (non-hydrogen) atoms. The number of hydrogen-bond acceptors (Lipinski definition) is 3. The Bertz CT molecular complexity index is 337. The molecule has 0 aliphatic heterocycles. The lowest BCUT2D eigenvalue weighted by Crippen LogP contribution is -2.01. The van der Waals surface area contributed by atoms with Crippen molar-refractivity contribution in [2.45, 2.75) is 51.5 Å². The fourth-order valence-electron chi connectivity index (χ4n) is 1.62. The minimum Gasteiger partial charge on any atom is -0.443 e. The zero-order chi connectivity index (χ0) is 10.3. The maximum Gasteiger partial charge on any atom is 0.200 e. The molecule has 0 amide bonds. The van der Waals surface area contributed by atoms with Gasteiger partial charge in [0.1, 0.15) is 5.76 Å². The van der Waals surface area contributed by atoms with Gasteiger partial charge in [0, 0.05) is 5.41 Å². The van der Waals surface area contributed by atoms with Crippen molar-refractivity contribution in [1.29, 1.82) is 0 Å². The third kappa shape index (κ3) is 1.46. The van der Waals surface area contributed by atoms with Gasteiger partial charge in [-0.25, -0.2) is 4.98 Å².